The molecule has 0 radical (unpaired) electrons. The van der Waals surface area contributed by atoms with E-state index in [1.165, 1.54) is 12.1 Å². The first-order valence-corrected chi connectivity index (χ1v) is 8.61. The van der Waals surface area contributed by atoms with Crippen LogP contribution >= 0.6 is 11.6 Å². The summed E-state index contributed by atoms with van der Waals surface area (Å²) in [6, 6.07) is 8.12. The van der Waals surface area contributed by atoms with E-state index >= 15 is 0 Å². The average Bonchev–Trinajstić information content (AvgIpc) is 3.06. The van der Waals surface area contributed by atoms with Crippen molar-refractivity contribution in [3.8, 4) is 11.1 Å². The Morgan fingerprint density at radius 1 is 1.27 bits per heavy atom. The molecule has 132 valence electrons. The predicted molar refractivity (Wildman–Crippen MR) is 98.0 cm³/mol. The number of nitrogens with zero attached hydrogens (tertiary/aromatic N) is 4. The highest BCUT2D eigenvalue weighted by Crippen LogP contribution is 2.33. The van der Waals surface area contributed by atoms with Crippen LogP contribution in [0, 0.1) is 12.7 Å². The summed E-state index contributed by atoms with van der Waals surface area (Å²) < 4.78 is 15.6. The molecule has 0 bridgehead atoms. The molecule has 3 heterocycles. The van der Waals surface area contributed by atoms with Crippen LogP contribution in [0.3, 0.4) is 0 Å². The SMILES string of the molecule is Cc1cc(-c2cnn3c2C(=O)N(c2ccc(Cl)c(F)c2)C[C@@H]3C)ccn1. The van der Waals surface area contributed by atoms with E-state index in [1.807, 2.05) is 26.0 Å². The molecule has 0 unspecified atom stereocenters. The van der Waals surface area contributed by atoms with Gasteiger partial charge in [0, 0.05) is 29.7 Å². The molecular weight excluding hydrogens is 355 g/mol. The molecule has 0 saturated carbocycles. The van der Waals surface area contributed by atoms with Crippen LogP contribution in [0.2, 0.25) is 5.02 Å². The highest BCUT2D eigenvalue weighted by Gasteiger charge is 2.34. The fourth-order valence-electron chi connectivity index (χ4n) is 3.26. The lowest BCUT2D eigenvalue weighted by molar-refractivity contribution is 0.0954. The average molecular weight is 371 g/mol. The Morgan fingerprint density at radius 3 is 2.81 bits per heavy atom. The molecule has 0 aliphatic carbocycles. The van der Waals surface area contributed by atoms with Crippen molar-refractivity contribution in [3.05, 3.63) is 65.0 Å². The smallest absolute Gasteiger partial charge is 0.277 e. The van der Waals surface area contributed by atoms with Crippen molar-refractivity contribution in [3.63, 3.8) is 0 Å². The molecule has 0 spiro atoms. The molecule has 26 heavy (non-hydrogen) atoms. The number of hydrogen-bond donors (Lipinski definition) is 0. The van der Waals surface area contributed by atoms with Crippen LogP contribution in [0.1, 0.15) is 29.1 Å². The summed E-state index contributed by atoms with van der Waals surface area (Å²) in [7, 11) is 0. The maximum absolute atomic E-state index is 13.9. The lowest BCUT2D eigenvalue weighted by atomic mass is 10.0. The summed E-state index contributed by atoms with van der Waals surface area (Å²) in [5.41, 5.74) is 3.45. The maximum atomic E-state index is 13.9. The third kappa shape index (κ3) is 2.66. The van der Waals surface area contributed by atoms with Crippen molar-refractivity contribution in [2.75, 3.05) is 11.4 Å². The number of aryl methyl sites for hydroxylation is 1. The molecule has 1 aliphatic rings. The summed E-state index contributed by atoms with van der Waals surface area (Å²) in [5, 5.41) is 4.44. The minimum Gasteiger partial charge on any atom is -0.305 e. The molecule has 0 N–H and O–H groups in total. The van der Waals surface area contributed by atoms with Crippen LogP contribution in [-0.2, 0) is 0 Å². The normalized spacial score (nSPS) is 16.7. The van der Waals surface area contributed by atoms with E-state index in [9.17, 15) is 9.18 Å². The third-order valence-corrected chi connectivity index (χ3v) is 4.84. The van der Waals surface area contributed by atoms with Gasteiger partial charge in [-0.05, 0) is 49.7 Å². The van der Waals surface area contributed by atoms with Gasteiger partial charge < -0.3 is 4.90 Å². The molecule has 7 heteroatoms. The van der Waals surface area contributed by atoms with Gasteiger partial charge in [0.2, 0.25) is 0 Å². The molecule has 1 atom stereocenters. The van der Waals surface area contributed by atoms with E-state index in [-0.39, 0.29) is 17.0 Å². The summed E-state index contributed by atoms with van der Waals surface area (Å²) >= 11 is 5.77. The monoisotopic (exact) mass is 370 g/mol. The summed E-state index contributed by atoms with van der Waals surface area (Å²) in [6.07, 6.45) is 3.41. The summed E-state index contributed by atoms with van der Waals surface area (Å²) in [6.45, 7) is 4.28. The van der Waals surface area contributed by atoms with Crippen molar-refractivity contribution in [2.45, 2.75) is 19.9 Å². The van der Waals surface area contributed by atoms with Gasteiger partial charge in [-0.2, -0.15) is 5.10 Å². The second-order valence-corrected chi connectivity index (χ2v) is 6.81. The number of carbonyl (C=O) groups excluding carboxylic acids is 1. The number of hydrogen-bond acceptors (Lipinski definition) is 3. The Labute approximate surface area is 155 Å². The second kappa shape index (κ2) is 6.21. The lowest BCUT2D eigenvalue weighted by Crippen LogP contribution is -2.42. The van der Waals surface area contributed by atoms with Crippen molar-refractivity contribution < 1.29 is 9.18 Å². The van der Waals surface area contributed by atoms with E-state index in [4.69, 9.17) is 11.6 Å². The van der Waals surface area contributed by atoms with Crippen LogP contribution in [0.15, 0.2) is 42.7 Å². The zero-order valence-electron chi connectivity index (χ0n) is 14.3. The highest BCUT2D eigenvalue weighted by atomic mass is 35.5. The Balaban J connectivity index is 1.82. The molecule has 1 aromatic carbocycles. The van der Waals surface area contributed by atoms with Gasteiger partial charge in [-0.1, -0.05) is 11.6 Å². The van der Waals surface area contributed by atoms with E-state index in [0.717, 1.165) is 16.8 Å². The number of aromatic nitrogens is 3. The van der Waals surface area contributed by atoms with Crippen LogP contribution in [0.25, 0.3) is 11.1 Å². The first kappa shape index (κ1) is 16.7. The molecule has 2 aromatic heterocycles. The van der Waals surface area contributed by atoms with Gasteiger partial charge >= 0.3 is 0 Å². The molecule has 1 aliphatic heterocycles. The Hall–Kier alpha value is -2.73. The number of benzene rings is 1. The summed E-state index contributed by atoms with van der Waals surface area (Å²) in [4.78, 5) is 19.0. The minimum atomic E-state index is -0.548. The number of fused-ring (bicyclic) bond motifs is 1. The maximum Gasteiger partial charge on any atom is 0.277 e. The van der Waals surface area contributed by atoms with E-state index in [2.05, 4.69) is 10.1 Å². The van der Waals surface area contributed by atoms with Gasteiger partial charge in [0.1, 0.15) is 11.5 Å². The van der Waals surface area contributed by atoms with Crippen molar-refractivity contribution in [1.29, 1.82) is 0 Å². The van der Waals surface area contributed by atoms with Crippen LogP contribution in [-0.4, -0.2) is 27.2 Å². The van der Waals surface area contributed by atoms with Gasteiger partial charge in [-0.25, -0.2) is 4.39 Å². The molecule has 4 rings (SSSR count). The van der Waals surface area contributed by atoms with E-state index in [0.29, 0.717) is 17.9 Å². The number of anilines is 1. The van der Waals surface area contributed by atoms with Gasteiger partial charge in [-0.3, -0.25) is 14.5 Å². The van der Waals surface area contributed by atoms with Crippen molar-refractivity contribution >= 4 is 23.2 Å². The Kier molecular flexibility index (Phi) is 4.00. The standard InChI is InChI=1S/C19H16ClFN4O/c1-11-7-13(5-6-22-11)15-9-23-25-12(2)10-24(19(26)18(15)25)14-3-4-16(20)17(21)8-14/h3-9,12H,10H2,1-2H3/t12-/m0/s1. The second-order valence-electron chi connectivity index (χ2n) is 6.40. The number of rotatable bonds is 2. The quantitative estimate of drug-likeness (QED) is 0.677. The first-order valence-electron chi connectivity index (χ1n) is 8.23. The Morgan fingerprint density at radius 2 is 2.08 bits per heavy atom. The minimum absolute atomic E-state index is 0.0317. The molecule has 3 aromatic rings. The van der Waals surface area contributed by atoms with E-state index in [1.54, 1.807) is 28.0 Å². The first-order chi connectivity index (χ1) is 12.5. The summed E-state index contributed by atoms with van der Waals surface area (Å²) in [5.74, 6) is -0.763. The topological polar surface area (TPSA) is 51.0 Å². The number of amides is 1. The molecule has 0 fully saturated rings. The van der Waals surface area contributed by atoms with E-state index < -0.39 is 5.82 Å². The third-order valence-electron chi connectivity index (χ3n) is 4.53. The van der Waals surface area contributed by atoms with Gasteiger partial charge in [0.25, 0.3) is 5.91 Å². The Bertz CT molecular complexity index is 1020. The largest absolute Gasteiger partial charge is 0.305 e. The molecule has 0 saturated heterocycles. The molecule has 1 amide bonds. The van der Waals surface area contributed by atoms with Gasteiger partial charge in [0.05, 0.1) is 17.3 Å². The van der Waals surface area contributed by atoms with Crippen molar-refractivity contribution in [1.82, 2.24) is 14.8 Å². The predicted octanol–water partition coefficient (Wildman–Crippen LogP) is 4.27. The molecular formula is C19H16ClFN4O. The highest BCUT2D eigenvalue weighted by molar-refractivity contribution is 6.30. The number of carbonyl (C=O) groups is 1. The fourth-order valence-corrected chi connectivity index (χ4v) is 3.38. The zero-order chi connectivity index (χ0) is 18.4. The molecule has 5 nitrogen and oxygen atoms in total. The van der Waals surface area contributed by atoms with Gasteiger partial charge in [-0.15, -0.1) is 0 Å². The van der Waals surface area contributed by atoms with Crippen molar-refractivity contribution in [2.24, 2.45) is 0 Å². The fraction of sp³-hybridized carbons (Fsp3) is 0.211. The van der Waals surface area contributed by atoms with Crippen LogP contribution in [0.4, 0.5) is 10.1 Å². The van der Waals surface area contributed by atoms with Crippen LogP contribution < -0.4 is 4.90 Å². The number of pyridine rings is 1. The van der Waals surface area contributed by atoms with Crippen LogP contribution in [0.5, 0.6) is 0 Å². The number of halogens is 2. The lowest BCUT2D eigenvalue weighted by Gasteiger charge is -2.32. The van der Waals surface area contributed by atoms with Gasteiger partial charge in [0.15, 0.2) is 0 Å². The zero-order valence-corrected chi connectivity index (χ0v) is 15.0.